The summed E-state index contributed by atoms with van der Waals surface area (Å²) in [5.41, 5.74) is 2.58. The Bertz CT molecular complexity index is 1290. The number of hydrogen-bond donors (Lipinski definition) is 2. The first-order valence-electron chi connectivity index (χ1n) is 11.0. The van der Waals surface area contributed by atoms with Crippen molar-refractivity contribution < 1.29 is 18.7 Å². The Morgan fingerprint density at radius 2 is 1.91 bits per heavy atom. The molecule has 0 saturated heterocycles. The molecule has 0 aliphatic rings. The topological polar surface area (TPSA) is 111 Å². The summed E-state index contributed by atoms with van der Waals surface area (Å²) in [6.07, 6.45) is 1.44. The lowest BCUT2D eigenvalue weighted by molar-refractivity contribution is -0.113. The van der Waals surface area contributed by atoms with Crippen LogP contribution in [0.4, 0.5) is 5.69 Å². The Kier molecular flexibility index (Phi) is 7.84. The van der Waals surface area contributed by atoms with Crippen LogP contribution >= 0.6 is 11.8 Å². The number of nitrogens with one attached hydrogen (secondary N) is 2. The van der Waals surface area contributed by atoms with Crippen LogP contribution in [0.1, 0.15) is 28.9 Å². The van der Waals surface area contributed by atoms with Gasteiger partial charge in [-0.1, -0.05) is 23.9 Å². The van der Waals surface area contributed by atoms with Crippen molar-refractivity contribution in [3.05, 3.63) is 84.1 Å². The highest BCUT2D eigenvalue weighted by Gasteiger charge is 2.18. The lowest BCUT2D eigenvalue weighted by Crippen LogP contribution is -2.24. The molecule has 0 unspecified atom stereocenters. The van der Waals surface area contributed by atoms with Gasteiger partial charge in [0.25, 0.3) is 5.91 Å². The minimum absolute atomic E-state index is 0.135. The number of carbonyl (C=O) groups excluding carboxylic acids is 2. The molecule has 4 aromatic rings. The first-order valence-corrected chi connectivity index (χ1v) is 12.0. The quantitative estimate of drug-likeness (QED) is 0.319. The van der Waals surface area contributed by atoms with Crippen LogP contribution < -0.4 is 15.4 Å². The summed E-state index contributed by atoms with van der Waals surface area (Å²) in [5.74, 6) is 1.11. The molecule has 0 saturated carbocycles. The van der Waals surface area contributed by atoms with Gasteiger partial charge in [-0.2, -0.15) is 0 Å². The van der Waals surface area contributed by atoms with E-state index >= 15 is 0 Å². The number of amides is 2. The first kappa shape index (κ1) is 24.1. The van der Waals surface area contributed by atoms with E-state index in [1.54, 1.807) is 24.3 Å². The third kappa shape index (κ3) is 6.30. The molecule has 35 heavy (non-hydrogen) atoms. The molecule has 0 aliphatic carbocycles. The van der Waals surface area contributed by atoms with Crippen LogP contribution in [0.2, 0.25) is 0 Å². The number of rotatable bonds is 10. The first-order chi connectivity index (χ1) is 17.0. The monoisotopic (exact) mass is 491 g/mol. The summed E-state index contributed by atoms with van der Waals surface area (Å²) in [6.45, 7) is 4.63. The van der Waals surface area contributed by atoms with E-state index in [1.807, 2.05) is 54.8 Å². The normalized spacial score (nSPS) is 10.7. The molecule has 0 atom stereocenters. The molecule has 2 aromatic heterocycles. The van der Waals surface area contributed by atoms with Gasteiger partial charge in [-0.3, -0.25) is 14.2 Å². The molecular weight excluding hydrogens is 466 g/mol. The number of carbonyl (C=O) groups is 2. The third-order valence-corrected chi connectivity index (χ3v) is 5.82. The van der Waals surface area contributed by atoms with E-state index in [-0.39, 0.29) is 29.9 Å². The van der Waals surface area contributed by atoms with Crippen molar-refractivity contribution in [2.45, 2.75) is 25.5 Å². The molecule has 180 valence electrons. The third-order valence-electron chi connectivity index (χ3n) is 4.89. The zero-order valence-corrected chi connectivity index (χ0v) is 20.2. The fourth-order valence-corrected chi connectivity index (χ4v) is 4.09. The molecule has 0 bridgehead atoms. The second-order valence-electron chi connectivity index (χ2n) is 7.53. The highest BCUT2D eigenvalue weighted by Crippen LogP contribution is 2.23. The summed E-state index contributed by atoms with van der Waals surface area (Å²) < 4.78 is 12.4. The summed E-state index contributed by atoms with van der Waals surface area (Å²) in [6, 6.07) is 18.3. The van der Waals surface area contributed by atoms with Gasteiger partial charge < -0.3 is 19.8 Å². The Balaban J connectivity index is 1.46. The van der Waals surface area contributed by atoms with Crippen LogP contribution in [0.3, 0.4) is 0 Å². The van der Waals surface area contributed by atoms with E-state index in [9.17, 15) is 9.59 Å². The molecule has 10 heteroatoms. The van der Waals surface area contributed by atoms with Gasteiger partial charge in [0.15, 0.2) is 16.7 Å². The van der Waals surface area contributed by atoms with Crippen molar-refractivity contribution in [1.29, 1.82) is 0 Å². The molecular formula is C25H25N5O4S. The molecule has 2 heterocycles. The van der Waals surface area contributed by atoms with Gasteiger partial charge in [-0.25, -0.2) is 0 Å². The van der Waals surface area contributed by atoms with Crippen molar-refractivity contribution in [1.82, 2.24) is 20.1 Å². The smallest absolute Gasteiger partial charge is 0.287 e. The average Bonchev–Trinajstić information content (AvgIpc) is 3.53. The SMILES string of the molecule is CCOc1ccc(NC(=O)CSc2nnc(CNC(=O)c3ccco3)n2-c2cccc(C)c2)cc1. The number of aromatic nitrogens is 3. The van der Waals surface area contributed by atoms with Gasteiger partial charge in [0, 0.05) is 11.4 Å². The molecule has 9 nitrogen and oxygen atoms in total. The maximum atomic E-state index is 12.6. The van der Waals surface area contributed by atoms with E-state index in [2.05, 4.69) is 20.8 Å². The molecule has 0 spiro atoms. The van der Waals surface area contributed by atoms with E-state index in [4.69, 9.17) is 9.15 Å². The number of anilines is 1. The molecule has 2 aromatic carbocycles. The maximum absolute atomic E-state index is 12.6. The van der Waals surface area contributed by atoms with E-state index in [1.165, 1.54) is 18.0 Å². The van der Waals surface area contributed by atoms with Crippen molar-refractivity contribution in [2.75, 3.05) is 17.7 Å². The Morgan fingerprint density at radius 3 is 2.63 bits per heavy atom. The highest BCUT2D eigenvalue weighted by molar-refractivity contribution is 7.99. The van der Waals surface area contributed by atoms with E-state index in [0.29, 0.717) is 23.3 Å². The Hall–Kier alpha value is -4.05. The summed E-state index contributed by atoms with van der Waals surface area (Å²) in [5, 5.41) is 14.8. The van der Waals surface area contributed by atoms with Crippen LogP contribution in [0.5, 0.6) is 5.75 Å². The number of nitrogens with zero attached hydrogens (tertiary/aromatic N) is 3. The van der Waals surface area contributed by atoms with Crippen LogP contribution in [-0.2, 0) is 11.3 Å². The van der Waals surface area contributed by atoms with E-state index in [0.717, 1.165) is 17.0 Å². The fraction of sp³-hybridized carbons (Fsp3) is 0.200. The van der Waals surface area contributed by atoms with Gasteiger partial charge >= 0.3 is 0 Å². The van der Waals surface area contributed by atoms with Gasteiger partial charge in [0.2, 0.25) is 5.91 Å². The summed E-state index contributed by atoms with van der Waals surface area (Å²) in [4.78, 5) is 24.9. The van der Waals surface area contributed by atoms with Gasteiger partial charge in [-0.05, 0) is 67.9 Å². The van der Waals surface area contributed by atoms with Gasteiger partial charge in [0.1, 0.15) is 5.75 Å². The lowest BCUT2D eigenvalue weighted by Gasteiger charge is -2.11. The van der Waals surface area contributed by atoms with E-state index < -0.39 is 0 Å². The molecule has 2 N–H and O–H groups in total. The van der Waals surface area contributed by atoms with Gasteiger partial charge in [0.05, 0.1) is 25.2 Å². The Morgan fingerprint density at radius 1 is 1.09 bits per heavy atom. The predicted octanol–water partition coefficient (Wildman–Crippen LogP) is 4.23. The highest BCUT2D eigenvalue weighted by atomic mass is 32.2. The fourth-order valence-electron chi connectivity index (χ4n) is 3.32. The van der Waals surface area contributed by atoms with Crippen molar-refractivity contribution in [2.24, 2.45) is 0 Å². The standard InChI is InChI=1S/C25H25N5O4S/c1-3-33-20-11-9-18(10-12-20)27-23(31)16-35-25-29-28-22(15-26-24(32)21-8-5-13-34-21)30(25)19-7-4-6-17(2)14-19/h4-14H,3,15-16H2,1-2H3,(H,26,32)(H,27,31). The van der Waals surface area contributed by atoms with Crippen LogP contribution in [0, 0.1) is 6.92 Å². The summed E-state index contributed by atoms with van der Waals surface area (Å²) >= 11 is 1.26. The second-order valence-corrected chi connectivity index (χ2v) is 8.47. The molecule has 0 aliphatic heterocycles. The molecule has 4 rings (SSSR count). The number of ether oxygens (including phenoxy) is 1. The van der Waals surface area contributed by atoms with Crippen molar-refractivity contribution in [3.63, 3.8) is 0 Å². The average molecular weight is 492 g/mol. The largest absolute Gasteiger partial charge is 0.494 e. The van der Waals surface area contributed by atoms with Gasteiger partial charge in [-0.15, -0.1) is 10.2 Å². The zero-order chi connectivity index (χ0) is 24.6. The van der Waals surface area contributed by atoms with Crippen molar-refractivity contribution >= 4 is 29.3 Å². The molecule has 0 radical (unpaired) electrons. The van der Waals surface area contributed by atoms with Crippen LogP contribution in [-0.4, -0.2) is 38.9 Å². The minimum Gasteiger partial charge on any atom is -0.494 e. The predicted molar refractivity (Wildman–Crippen MR) is 133 cm³/mol. The summed E-state index contributed by atoms with van der Waals surface area (Å²) in [7, 11) is 0. The minimum atomic E-state index is -0.349. The van der Waals surface area contributed by atoms with Crippen molar-refractivity contribution in [3.8, 4) is 11.4 Å². The Labute approximate surface area is 206 Å². The maximum Gasteiger partial charge on any atom is 0.287 e. The number of furan rings is 1. The van der Waals surface area contributed by atoms with Crippen LogP contribution in [0.15, 0.2) is 76.5 Å². The van der Waals surface area contributed by atoms with Crippen LogP contribution in [0.25, 0.3) is 5.69 Å². The number of thioether (sulfide) groups is 1. The lowest BCUT2D eigenvalue weighted by atomic mass is 10.2. The molecule has 0 fully saturated rings. The second kappa shape index (κ2) is 11.4. The number of hydrogen-bond acceptors (Lipinski definition) is 7. The molecule has 2 amide bonds. The zero-order valence-electron chi connectivity index (χ0n) is 19.4. The number of benzene rings is 2. The number of aryl methyl sites for hydroxylation is 1.